The number of para-hydroxylation sites is 1. The molecule has 0 bridgehead atoms. The summed E-state index contributed by atoms with van der Waals surface area (Å²) in [5, 5.41) is 4.20. The molecule has 2 aromatic rings. The van der Waals surface area contributed by atoms with Crippen molar-refractivity contribution in [1.82, 2.24) is 10.3 Å². The largest absolute Gasteiger partial charge is 0.353 e. The number of aryl methyl sites for hydroxylation is 1. The molecule has 0 radical (unpaired) electrons. The Kier molecular flexibility index (Phi) is 5.53. The number of hydrogen-bond donors (Lipinski definition) is 1. The second kappa shape index (κ2) is 7.39. The topological polar surface area (TPSA) is 42.0 Å². The molecule has 0 atom stereocenters. The third kappa shape index (κ3) is 4.04. The van der Waals surface area contributed by atoms with Crippen LogP contribution in [0.4, 0.5) is 0 Å². The standard InChI is InChI=1S/C16H22N2OS/c1-3-12(4-2)17-15(19)10-7-11-16-18-13-8-5-6-9-14(13)20-16/h5-6,8-9,12H,3-4,7,10-11H2,1-2H3,(H,17,19). The van der Waals surface area contributed by atoms with Crippen molar-refractivity contribution < 1.29 is 4.79 Å². The molecule has 1 heterocycles. The summed E-state index contributed by atoms with van der Waals surface area (Å²) >= 11 is 1.73. The second-order valence-corrected chi connectivity index (χ2v) is 6.13. The van der Waals surface area contributed by atoms with E-state index in [0.29, 0.717) is 12.5 Å². The van der Waals surface area contributed by atoms with Gasteiger partial charge in [0.05, 0.1) is 15.2 Å². The van der Waals surface area contributed by atoms with E-state index in [1.165, 1.54) is 4.70 Å². The van der Waals surface area contributed by atoms with Crippen molar-refractivity contribution in [2.75, 3.05) is 0 Å². The van der Waals surface area contributed by atoms with Gasteiger partial charge in [0, 0.05) is 12.5 Å². The van der Waals surface area contributed by atoms with Crippen LogP contribution < -0.4 is 5.32 Å². The zero-order valence-electron chi connectivity index (χ0n) is 12.2. The molecule has 1 aromatic carbocycles. The lowest BCUT2D eigenvalue weighted by atomic mass is 10.1. The van der Waals surface area contributed by atoms with Crippen LogP contribution in [0, 0.1) is 0 Å². The maximum atomic E-state index is 11.8. The molecule has 0 fully saturated rings. The minimum atomic E-state index is 0.166. The van der Waals surface area contributed by atoms with Gasteiger partial charge in [-0.2, -0.15) is 0 Å². The van der Waals surface area contributed by atoms with Crippen molar-refractivity contribution in [3.8, 4) is 0 Å². The lowest BCUT2D eigenvalue weighted by molar-refractivity contribution is -0.121. The van der Waals surface area contributed by atoms with Crippen LogP contribution >= 0.6 is 11.3 Å². The number of carbonyl (C=O) groups is 1. The van der Waals surface area contributed by atoms with Gasteiger partial charge < -0.3 is 5.32 Å². The Morgan fingerprint density at radius 1 is 1.30 bits per heavy atom. The normalized spacial score (nSPS) is 11.2. The van der Waals surface area contributed by atoms with Crippen molar-refractivity contribution in [3.05, 3.63) is 29.3 Å². The van der Waals surface area contributed by atoms with Crippen LogP contribution in [0.15, 0.2) is 24.3 Å². The fourth-order valence-electron chi connectivity index (χ4n) is 2.22. The van der Waals surface area contributed by atoms with E-state index in [4.69, 9.17) is 0 Å². The molecule has 0 aliphatic rings. The Hall–Kier alpha value is -1.42. The van der Waals surface area contributed by atoms with Crippen molar-refractivity contribution in [1.29, 1.82) is 0 Å². The summed E-state index contributed by atoms with van der Waals surface area (Å²) in [6.07, 6.45) is 4.34. The molecular formula is C16H22N2OS. The SMILES string of the molecule is CCC(CC)NC(=O)CCCc1nc2ccccc2s1. The van der Waals surface area contributed by atoms with Gasteiger partial charge in [-0.25, -0.2) is 4.98 Å². The number of amides is 1. The van der Waals surface area contributed by atoms with Crippen molar-refractivity contribution in [2.45, 2.75) is 52.0 Å². The Morgan fingerprint density at radius 3 is 2.75 bits per heavy atom. The fraction of sp³-hybridized carbons (Fsp3) is 0.500. The van der Waals surface area contributed by atoms with Crippen LogP contribution in [0.2, 0.25) is 0 Å². The van der Waals surface area contributed by atoms with E-state index in [-0.39, 0.29) is 5.91 Å². The first-order valence-electron chi connectivity index (χ1n) is 7.36. The molecule has 1 aromatic heterocycles. The first-order valence-corrected chi connectivity index (χ1v) is 8.18. The molecule has 0 aliphatic heterocycles. The Balaban J connectivity index is 1.79. The lowest BCUT2D eigenvalue weighted by Crippen LogP contribution is -2.33. The summed E-state index contributed by atoms with van der Waals surface area (Å²) in [7, 11) is 0. The first kappa shape index (κ1) is 15.0. The maximum absolute atomic E-state index is 11.8. The van der Waals surface area contributed by atoms with Gasteiger partial charge in [-0.05, 0) is 37.8 Å². The van der Waals surface area contributed by atoms with Gasteiger partial charge >= 0.3 is 0 Å². The van der Waals surface area contributed by atoms with Crippen LogP contribution in [-0.2, 0) is 11.2 Å². The number of carbonyl (C=O) groups excluding carboxylic acids is 1. The Labute approximate surface area is 124 Å². The third-order valence-corrected chi connectivity index (χ3v) is 4.58. The van der Waals surface area contributed by atoms with Crippen molar-refractivity contribution in [3.63, 3.8) is 0 Å². The van der Waals surface area contributed by atoms with Gasteiger partial charge in [0.25, 0.3) is 0 Å². The molecule has 20 heavy (non-hydrogen) atoms. The third-order valence-electron chi connectivity index (χ3n) is 3.48. The van der Waals surface area contributed by atoms with Crippen LogP contribution in [-0.4, -0.2) is 16.9 Å². The number of fused-ring (bicyclic) bond motifs is 1. The van der Waals surface area contributed by atoms with Gasteiger partial charge in [-0.1, -0.05) is 26.0 Å². The molecule has 0 saturated carbocycles. The summed E-state index contributed by atoms with van der Waals surface area (Å²) < 4.78 is 1.23. The monoisotopic (exact) mass is 290 g/mol. The average Bonchev–Trinajstić information content (AvgIpc) is 2.87. The van der Waals surface area contributed by atoms with Gasteiger partial charge in [-0.3, -0.25) is 4.79 Å². The highest BCUT2D eigenvalue weighted by atomic mass is 32.1. The molecule has 0 unspecified atom stereocenters. The van der Waals surface area contributed by atoms with Gasteiger partial charge in [0.1, 0.15) is 0 Å². The molecule has 4 heteroatoms. The van der Waals surface area contributed by atoms with Gasteiger partial charge in [0.15, 0.2) is 0 Å². The summed E-state index contributed by atoms with van der Waals surface area (Å²) in [5.41, 5.74) is 1.06. The quantitative estimate of drug-likeness (QED) is 0.839. The summed E-state index contributed by atoms with van der Waals surface area (Å²) in [6.45, 7) is 4.21. The van der Waals surface area contributed by atoms with E-state index in [1.54, 1.807) is 11.3 Å². The summed E-state index contributed by atoms with van der Waals surface area (Å²) in [5.74, 6) is 0.166. The Bertz CT molecular complexity index is 527. The predicted molar refractivity (Wildman–Crippen MR) is 85.1 cm³/mol. The zero-order chi connectivity index (χ0) is 14.4. The number of benzene rings is 1. The lowest BCUT2D eigenvalue weighted by Gasteiger charge is -2.14. The van der Waals surface area contributed by atoms with E-state index in [1.807, 2.05) is 18.2 Å². The molecule has 1 amide bonds. The number of thiazole rings is 1. The van der Waals surface area contributed by atoms with Crippen molar-refractivity contribution >= 4 is 27.5 Å². The molecule has 108 valence electrons. The Morgan fingerprint density at radius 2 is 2.05 bits per heavy atom. The molecule has 0 saturated heterocycles. The smallest absolute Gasteiger partial charge is 0.220 e. The van der Waals surface area contributed by atoms with E-state index in [2.05, 4.69) is 30.2 Å². The molecule has 0 aliphatic carbocycles. The van der Waals surface area contributed by atoms with Crippen LogP contribution in [0.25, 0.3) is 10.2 Å². The predicted octanol–water partition coefficient (Wildman–Crippen LogP) is 3.92. The fourth-order valence-corrected chi connectivity index (χ4v) is 3.23. The maximum Gasteiger partial charge on any atom is 0.220 e. The highest BCUT2D eigenvalue weighted by Gasteiger charge is 2.09. The van der Waals surface area contributed by atoms with Gasteiger partial charge in [-0.15, -0.1) is 11.3 Å². The van der Waals surface area contributed by atoms with E-state index in [0.717, 1.165) is 36.2 Å². The highest BCUT2D eigenvalue weighted by molar-refractivity contribution is 7.18. The number of aromatic nitrogens is 1. The average molecular weight is 290 g/mol. The second-order valence-electron chi connectivity index (χ2n) is 5.01. The summed E-state index contributed by atoms with van der Waals surface area (Å²) in [6, 6.07) is 8.50. The number of rotatable bonds is 7. The molecular weight excluding hydrogens is 268 g/mol. The van der Waals surface area contributed by atoms with E-state index < -0.39 is 0 Å². The molecule has 2 rings (SSSR count). The number of nitrogens with one attached hydrogen (secondary N) is 1. The van der Waals surface area contributed by atoms with Crippen LogP contribution in [0.5, 0.6) is 0 Å². The zero-order valence-corrected chi connectivity index (χ0v) is 13.0. The van der Waals surface area contributed by atoms with Crippen LogP contribution in [0.3, 0.4) is 0 Å². The molecule has 0 spiro atoms. The minimum Gasteiger partial charge on any atom is -0.353 e. The molecule has 1 N–H and O–H groups in total. The molecule has 3 nitrogen and oxygen atoms in total. The van der Waals surface area contributed by atoms with Gasteiger partial charge in [0.2, 0.25) is 5.91 Å². The highest BCUT2D eigenvalue weighted by Crippen LogP contribution is 2.22. The van der Waals surface area contributed by atoms with E-state index in [9.17, 15) is 4.79 Å². The van der Waals surface area contributed by atoms with Crippen LogP contribution in [0.1, 0.15) is 44.5 Å². The summed E-state index contributed by atoms with van der Waals surface area (Å²) in [4.78, 5) is 16.4. The minimum absolute atomic E-state index is 0.166. The van der Waals surface area contributed by atoms with Crippen molar-refractivity contribution in [2.24, 2.45) is 0 Å². The number of hydrogen-bond acceptors (Lipinski definition) is 3. The first-order chi connectivity index (χ1) is 9.72. The van der Waals surface area contributed by atoms with E-state index >= 15 is 0 Å². The number of nitrogens with zero attached hydrogens (tertiary/aromatic N) is 1.